The summed E-state index contributed by atoms with van der Waals surface area (Å²) in [4.78, 5) is 25.3. The molecule has 3 rings (SSSR count). The van der Waals surface area contributed by atoms with Crippen LogP contribution < -0.4 is 0 Å². The van der Waals surface area contributed by atoms with Crippen molar-refractivity contribution < 1.29 is 18.1 Å². The third kappa shape index (κ3) is 6.47. The maximum atomic E-state index is 13.5. The van der Waals surface area contributed by atoms with E-state index >= 15 is 0 Å². The summed E-state index contributed by atoms with van der Waals surface area (Å²) in [5, 5.41) is 11.1. The van der Waals surface area contributed by atoms with Gasteiger partial charge in [0.2, 0.25) is 15.9 Å². The normalized spacial score (nSPS) is 11.5. The molecule has 0 fully saturated rings. The summed E-state index contributed by atoms with van der Waals surface area (Å²) in [6.45, 7) is 2.07. The number of benzene rings is 2. The Morgan fingerprint density at radius 3 is 2.40 bits per heavy atom. The van der Waals surface area contributed by atoms with Crippen molar-refractivity contribution in [2.75, 3.05) is 13.1 Å². The highest BCUT2D eigenvalue weighted by atomic mass is 35.5. The van der Waals surface area contributed by atoms with Crippen LogP contribution in [0.15, 0.2) is 71.8 Å². The number of sulfonamides is 1. The highest BCUT2D eigenvalue weighted by molar-refractivity contribution is 7.89. The molecule has 0 saturated heterocycles. The SMILES string of the molecule is CCCN(CC(=O)N(Cc1ccccc1)Cc1cccn1C)S(=O)(=O)c1ccc(Cl)c([N+](=O)[O-])c1. The van der Waals surface area contributed by atoms with Crippen LogP contribution in [0.1, 0.15) is 24.6 Å². The van der Waals surface area contributed by atoms with E-state index < -0.39 is 27.2 Å². The number of carbonyl (C=O) groups excluding carboxylic acids is 1. The maximum absolute atomic E-state index is 13.5. The summed E-state index contributed by atoms with van der Waals surface area (Å²) >= 11 is 5.85. The topological polar surface area (TPSA) is 106 Å². The summed E-state index contributed by atoms with van der Waals surface area (Å²) in [5.74, 6) is -0.379. The van der Waals surface area contributed by atoms with Crippen molar-refractivity contribution in [1.82, 2.24) is 13.8 Å². The van der Waals surface area contributed by atoms with Gasteiger partial charge in [0, 0.05) is 38.1 Å². The number of hydrogen-bond donors (Lipinski definition) is 0. The molecule has 0 aliphatic heterocycles. The van der Waals surface area contributed by atoms with E-state index in [1.54, 1.807) is 11.8 Å². The second kappa shape index (κ2) is 11.5. The summed E-state index contributed by atoms with van der Waals surface area (Å²) in [6, 6.07) is 16.5. The van der Waals surface area contributed by atoms with E-state index in [4.69, 9.17) is 11.6 Å². The molecule has 0 spiro atoms. The molecule has 0 unspecified atom stereocenters. The largest absolute Gasteiger partial charge is 0.353 e. The monoisotopic (exact) mass is 518 g/mol. The number of amides is 1. The summed E-state index contributed by atoms with van der Waals surface area (Å²) in [5.41, 5.74) is 1.30. The Morgan fingerprint density at radius 1 is 1.09 bits per heavy atom. The molecule has 1 heterocycles. The molecule has 0 aliphatic rings. The van der Waals surface area contributed by atoms with Gasteiger partial charge in [-0.15, -0.1) is 0 Å². The lowest BCUT2D eigenvalue weighted by atomic mass is 10.2. The van der Waals surface area contributed by atoms with Crippen molar-refractivity contribution in [2.24, 2.45) is 7.05 Å². The molecule has 35 heavy (non-hydrogen) atoms. The molecule has 11 heteroatoms. The fourth-order valence-electron chi connectivity index (χ4n) is 3.62. The third-order valence-corrected chi connectivity index (χ3v) is 7.67. The Kier molecular flexibility index (Phi) is 8.66. The molecule has 1 aromatic heterocycles. The number of hydrogen-bond acceptors (Lipinski definition) is 5. The first-order chi connectivity index (χ1) is 16.6. The first-order valence-corrected chi connectivity index (χ1v) is 12.8. The van der Waals surface area contributed by atoms with E-state index in [2.05, 4.69) is 0 Å². The van der Waals surface area contributed by atoms with Crippen molar-refractivity contribution in [2.45, 2.75) is 31.3 Å². The number of halogens is 1. The van der Waals surface area contributed by atoms with E-state index in [1.165, 1.54) is 12.1 Å². The van der Waals surface area contributed by atoms with Gasteiger partial charge in [0.25, 0.3) is 5.69 Å². The number of nitro groups is 1. The zero-order valence-electron chi connectivity index (χ0n) is 19.5. The number of aromatic nitrogens is 1. The molecule has 9 nitrogen and oxygen atoms in total. The molecule has 2 aromatic carbocycles. The minimum atomic E-state index is -4.19. The highest BCUT2D eigenvalue weighted by Gasteiger charge is 2.30. The lowest BCUT2D eigenvalue weighted by molar-refractivity contribution is -0.384. The summed E-state index contributed by atoms with van der Waals surface area (Å²) < 4.78 is 29.7. The molecule has 186 valence electrons. The molecule has 1 amide bonds. The van der Waals surface area contributed by atoms with Gasteiger partial charge in [-0.2, -0.15) is 4.31 Å². The lowest BCUT2D eigenvalue weighted by Crippen LogP contribution is -2.43. The molecule has 0 N–H and O–H groups in total. The Labute approximate surface area is 209 Å². The van der Waals surface area contributed by atoms with Crippen molar-refractivity contribution in [3.8, 4) is 0 Å². The van der Waals surface area contributed by atoms with Crippen molar-refractivity contribution in [1.29, 1.82) is 0 Å². The highest BCUT2D eigenvalue weighted by Crippen LogP contribution is 2.28. The zero-order valence-corrected chi connectivity index (χ0v) is 21.1. The van der Waals surface area contributed by atoms with Crippen molar-refractivity contribution in [3.05, 3.63) is 93.3 Å². The predicted octanol–water partition coefficient (Wildman–Crippen LogP) is 4.22. The Morgan fingerprint density at radius 2 is 1.80 bits per heavy atom. The Hall–Kier alpha value is -3.21. The Bertz CT molecular complexity index is 1290. The van der Waals surface area contributed by atoms with Gasteiger partial charge in [0.15, 0.2) is 0 Å². The van der Waals surface area contributed by atoms with Crippen molar-refractivity contribution >= 4 is 33.2 Å². The summed E-state index contributed by atoms with van der Waals surface area (Å²) in [6.07, 6.45) is 2.33. The van der Waals surface area contributed by atoms with E-state index in [9.17, 15) is 23.3 Å². The molecule has 0 bridgehead atoms. The van der Waals surface area contributed by atoms with Gasteiger partial charge in [0.1, 0.15) is 5.02 Å². The smallest absolute Gasteiger partial charge is 0.289 e. The van der Waals surface area contributed by atoms with Crippen LogP contribution in [0.4, 0.5) is 5.69 Å². The average Bonchev–Trinajstić information content (AvgIpc) is 3.23. The number of carbonyl (C=O) groups is 1. The first-order valence-electron chi connectivity index (χ1n) is 11.0. The Balaban J connectivity index is 1.90. The van der Waals surface area contributed by atoms with E-state index in [1.807, 2.05) is 60.3 Å². The fourth-order valence-corrected chi connectivity index (χ4v) is 5.31. The lowest BCUT2D eigenvalue weighted by Gasteiger charge is -2.27. The van der Waals surface area contributed by atoms with Gasteiger partial charge in [-0.1, -0.05) is 48.9 Å². The van der Waals surface area contributed by atoms with Crippen LogP contribution in [0.25, 0.3) is 0 Å². The second-order valence-electron chi connectivity index (χ2n) is 8.05. The molecule has 0 saturated carbocycles. The summed E-state index contributed by atoms with van der Waals surface area (Å²) in [7, 11) is -2.31. The average molecular weight is 519 g/mol. The van der Waals surface area contributed by atoms with E-state index in [0.717, 1.165) is 21.6 Å². The molecular weight excluding hydrogens is 492 g/mol. The van der Waals surface area contributed by atoms with Crippen molar-refractivity contribution in [3.63, 3.8) is 0 Å². The second-order valence-corrected chi connectivity index (χ2v) is 10.4. The third-order valence-electron chi connectivity index (χ3n) is 5.51. The molecule has 0 radical (unpaired) electrons. The minimum absolute atomic E-state index is 0.0772. The van der Waals surface area contributed by atoms with Crippen LogP contribution in [0.5, 0.6) is 0 Å². The first kappa shape index (κ1) is 26.4. The number of nitro benzene ring substituents is 1. The van der Waals surface area contributed by atoms with Crippen LogP contribution in [0.2, 0.25) is 5.02 Å². The van der Waals surface area contributed by atoms with Crippen LogP contribution in [-0.2, 0) is 35.0 Å². The van der Waals surface area contributed by atoms with Gasteiger partial charge < -0.3 is 9.47 Å². The number of aryl methyl sites for hydroxylation is 1. The van der Waals surface area contributed by atoms with Crippen LogP contribution in [0, 0.1) is 10.1 Å². The van der Waals surface area contributed by atoms with Gasteiger partial charge >= 0.3 is 0 Å². The maximum Gasteiger partial charge on any atom is 0.289 e. The molecular formula is C24H27ClN4O5S. The van der Waals surface area contributed by atoms with E-state index in [-0.39, 0.29) is 22.4 Å². The predicted molar refractivity (Wildman–Crippen MR) is 133 cm³/mol. The number of rotatable bonds is 11. The van der Waals surface area contributed by atoms with Gasteiger partial charge in [-0.25, -0.2) is 8.42 Å². The number of nitrogens with zero attached hydrogens (tertiary/aromatic N) is 4. The van der Waals surface area contributed by atoms with Gasteiger partial charge in [-0.3, -0.25) is 14.9 Å². The van der Waals surface area contributed by atoms with Gasteiger partial charge in [0.05, 0.1) is 22.9 Å². The van der Waals surface area contributed by atoms with Gasteiger partial charge in [-0.05, 0) is 36.2 Å². The molecule has 3 aromatic rings. The van der Waals surface area contributed by atoms with Crippen LogP contribution in [-0.4, -0.2) is 46.1 Å². The molecule has 0 atom stereocenters. The molecule has 0 aliphatic carbocycles. The van der Waals surface area contributed by atoms with Crippen LogP contribution >= 0.6 is 11.6 Å². The standard InChI is InChI=1S/C24H27ClN4O5S/c1-3-13-28(35(33,34)21-11-12-22(25)23(15-21)29(31)32)18-24(30)27(16-19-8-5-4-6-9-19)17-20-10-7-14-26(20)2/h4-12,14-15H,3,13,16-18H2,1-2H3. The fraction of sp³-hybridized carbons (Fsp3) is 0.292. The minimum Gasteiger partial charge on any atom is -0.353 e. The quantitative estimate of drug-likeness (QED) is 0.279. The zero-order chi connectivity index (χ0) is 25.6. The van der Waals surface area contributed by atoms with Crippen LogP contribution in [0.3, 0.4) is 0 Å². The van der Waals surface area contributed by atoms with E-state index in [0.29, 0.717) is 19.5 Å².